The number of hydrogen-bond donors (Lipinski definition) is 1. The van der Waals surface area contributed by atoms with Crippen LogP contribution >= 0.6 is 11.8 Å². The van der Waals surface area contributed by atoms with E-state index in [0.717, 1.165) is 11.5 Å². The monoisotopic (exact) mass is 253 g/mol. The standard InChI is InChI=1S/C14H23NOS/c1-14(2)7-6-12(15-3)13(9-14)17-10-11-5-4-8-16-11/h4-5,8,12-13,15H,6-7,9-10H2,1-3H3. The summed E-state index contributed by atoms with van der Waals surface area (Å²) in [5.74, 6) is 2.08. The Morgan fingerprint density at radius 3 is 3.00 bits per heavy atom. The van der Waals surface area contributed by atoms with E-state index in [-0.39, 0.29) is 0 Å². The highest BCUT2D eigenvalue weighted by molar-refractivity contribution is 7.99. The molecule has 1 aliphatic carbocycles. The van der Waals surface area contributed by atoms with Gasteiger partial charge in [0.05, 0.1) is 12.0 Å². The predicted molar refractivity (Wildman–Crippen MR) is 74.3 cm³/mol. The first-order valence-corrected chi connectivity index (χ1v) is 7.47. The van der Waals surface area contributed by atoms with E-state index < -0.39 is 0 Å². The molecule has 2 rings (SSSR count). The maximum absolute atomic E-state index is 5.40. The van der Waals surface area contributed by atoms with Crippen molar-refractivity contribution in [1.29, 1.82) is 0 Å². The van der Waals surface area contributed by atoms with Gasteiger partial charge in [-0.25, -0.2) is 0 Å². The molecule has 1 N–H and O–H groups in total. The molecule has 2 unspecified atom stereocenters. The fourth-order valence-electron chi connectivity index (χ4n) is 2.61. The summed E-state index contributed by atoms with van der Waals surface area (Å²) in [5, 5.41) is 4.17. The molecule has 1 aromatic heterocycles. The quantitative estimate of drug-likeness (QED) is 0.886. The Kier molecular flexibility index (Phi) is 4.21. The van der Waals surface area contributed by atoms with E-state index in [4.69, 9.17) is 4.42 Å². The zero-order valence-corrected chi connectivity index (χ0v) is 11.8. The van der Waals surface area contributed by atoms with Crippen LogP contribution in [0.3, 0.4) is 0 Å². The van der Waals surface area contributed by atoms with E-state index in [1.807, 2.05) is 17.8 Å². The Hall–Kier alpha value is -0.410. The first-order valence-electron chi connectivity index (χ1n) is 6.42. The van der Waals surface area contributed by atoms with Crippen LogP contribution in [0.15, 0.2) is 22.8 Å². The molecule has 3 heteroatoms. The van der Waals surface area contributed by atoms with Gasteiger partial charge in [0.15, 0.2) is 0 Å². The lowest BCUT2D eigenvalue weighted by molar-refractivity contribution is 0.218. The second-order valence-electron chi connectivity index (χ2n) is 5.73. The minimum atomic E-state index is 0.494. The highest BCUT2D eigenvalue weighted by Gasteiger charge is 2.34. The Balaban J connectivity index is 1.91. The molecule has 0 amide bonds. The van der Waals surface area contributed by atoms with Gasteiger partial charge in [0.25, 0.3) is 0 Å². The highest BCUT2D eigenvalue weighted by Crippen LogP contribution is 2.41. The van der Waals surface area contributed by atoms with Crippen molar-refractivity contribution in [3.8, 4) is 0 Å². The summed E-state index contributed by atoms with van der Waals surface area (Å²) in [5.41, 5.74) is 0.494. The van der Waals surface area contributed by atoms with Gasteiger partial charge in [0, 0.05) is 11.3 Å². The minimum absolute atomic E-state index is 0.494. The van der Waals surface area contributed by atoms with E-state index in [1.54, 1.807) is 6.26 Å². The molecule has 0 aliphatic heterocycles. The van der Waals surface area contributed by atoms with Gasteiger partial charge in [0.1, 0.15) is 5.76 Å². The molecule has 2 nitrogen and oxygen atoms in total. The average molecular weight is 253 g/mol. The molecule has 0 radical (unpaired) electrons. The van der Waals surface area contributed by atoms with E-state index in [1.165, 1.54) is 19.3 Å². The molecule has 1 saturated carbocycles. The first kappa shape index (κ1) is 13.0. The molecule has 1 aliphatic rings. The summed E-state index contributed by atoms with van der Waals surface area (Å²) in [4.78, 5) is 0. The van der Waals surface area contributed by atoms with Gasteiger partial charge in [-0.05, 0) is 43.9 Å². The number of rotatable bonds is 4. The van der Waals surface area contributed by atoms with Crippen LogP contribution in [-0.2, 0) is 5.75 Å². The van der Waals surface area contributed by atoms with Crippen molar-refractivity contribution in [2.75, 3.05) is 7.05 Å². The van der Waals surface area contributed by atoms with Crippen molar-refractivity contribution in [2.24, 2.45) is 5.41 Å². The van der Waals surface area contributed by atoms with E-state index in [0.29, 0.717) is 16.7 Å². The maximum atomic E-state index is 5.40. The lowest BCUT2D eigenvalue weighted by Crippen LogP contribution is -2.43. The lowest BCUT2D eigenvalue weighted by Gasteiger charge is -2.40. The zero-order chi connectivity index (χ0) is 12.3. The lowest BCUT2D eigenvalue weighted by atomic mass is 9.75. The molecular weight excluding hydrogens is 230 g/mol. The van der Waals surface area contributed by atoms with E-state index >= 15 is 0 Å². The Morgan fingerprint density at radius 2 is 2.35 bits per heavy atom. The molecule has 0 spiro atoms. The molecule has 0 aromatic carbocycles. The van der Waals surface area contributed by atoms with Gasteiger partial charge in [-0.2, -0.15) is 0 Å². The van der Waals surface area contributed by atoms with Crippen LogP contribution in [0.25, 0.3) is 0 Å². The van der Waals surface area contributed by atoms with Crippen molar-refractivity contribution in [3.05, 3.63) is 24.2 Å². The zero-order valence-electron chi connectivity index (χ0n) is 11.0. The average Bonchev–Trinajstić information content (AvgIpc) is 2.78. The smallest absolute Gasteiger partial charge is 0.113 e. The topological polar surface area (TPSA) is 25.2 Å². The summed E-state index contributed by atoms with van der Waals surface area (Å²) in [6.45, 7) is 4.78. The Morgan fingerprint density at radius 1 is 1.53 bits per heavy atom. The first-order chi connectivity index (χ1) is 8.11. The van der Waals surface area contributed by atoms with E-state index in [9.17, 15) is 0 Å². The largest absolute Gasteiger partial charge is 0.468 e. The number of furan rings is 1. The number of thioether (sulfide) groups is 1. The number of nitrogens with one attached hydrogen (secondary N) is 1. The third-order valence-corrected chi connectivity index (χ3v) is 5.10. The molecule has 2 atom stereocenters. The van der Waals surface area contributed by atoms with Crippen LogP contribution in [-0.4, -0.2) is 18.3 Å². The van der Waals surface area contributed by atoms with Crippen LogP contribution in [0.5, 0.6) is 0 Å². The third-order valence-electron chi connectivity index (χ3n) is 3.73. The minimum Gasteiger partial charge on any atom is -0.468 e. The van der Waals surface area contributed by atoms with Crippen LogP contribution < -0.4 is 5.32 Å². The molecule has 0 bridgehead atoms. The van der Waals surface area contributed by atoms with Crippen molar-refractivity contribution in [1.82, 2.24) is 5.32 Å². The van der Waals surface area contributed by atoms with Gasteiger partial charge >= 0.3 is 0 Å². The summed E-state index contributed by atoms with van der Waals surface area (Å²) in [6, 6.07) is 4.69. The summed E-state index contributed by atoms with van der Waals surface area (Å²) in [7, 11) is 2.09. The fraction of sp³-hybridized carbons (Fsp3) is 0.714. The van der Waals surface area contributed by atoms with Crippen LogP contribution in [0.2, 0.25) is 0 Å². The molecule has 17 heavy (non-hydrogen) atoms. The molecule has 0 saturated heterocycles. The third kappa shape index (κ3) is 3.52. The van der Waals surface area contributed by atoms with Crippen molar-refractivity contribution in [2.45, 2.75) is 50.2 Å². The van der Waals surface area contributed by atoms with Crippen molar-refractivity contribution in [3.63, 3.8) is 0 Å². The van der Waals surface area contributed by atoms with E-state index in [2.05, 4.69) is 32.3 Å². The molecular formula is C14H23NOS. The van der Waals surface area contributed by atoms with Gasteiger partial charge < -0.3 is 9.73 Å². The van der Waals surface area contributed by atoms with Crippen LogP contribution in [0.1, 0.15) is 38.9 Å². The summed E-state index contributed by atoms with van der Waals surface area (Å²) >= 11 is 2.03. The van der Waals surface area contributed by atoms with Gasteiger partial charge in [-0.15, -0.1) is 11.8 Å². The summed E-state index contributed by atoms with van der Waals surface area (Å²) < 4.78 is 5.40. The highest BCUT2D eigenvalue weighted by atomic mass is 32.2. The maximum Gasteiger partial charge on any atom is 0.113 e. The van der Waals surface area contributed by atoms with Gasteiger partial charge in [-0.3, -0.25) is 0 Å². The second kappa shape index (κ2) is 5.49. The molecule has 1 aromatic rings. The van der Waals surface area contributed by atoms with Crippen LogP contribution in [0.4, 0.5) is 0 Å². The predicted octanol–water partition coefficient (Wildman–Crippen LogP) is 3.68. The van der Waals surface area contributed by atoms with Gasteiger partial charge in [-0.1, -0.05) is 13.8 Å². The Labute approximate surface area is 109 Å². The summed E-state index contributed by atoms with van der Waals surface area (Å²) in [6.07, 6.45) is 5.68. The second-order valence-corrected chi connectivity index (χ2v) is 6.96. The van der Waals surface area contributed by atoms with Gasteiger partial charge in [0.2, 0.25) is 0 Å². The normalized spacial score (nSPS) is 28.2. The molecule has 96 valence electrons. The number of hydrogen-bond acceptors (Lipinski definition) is 3. The SMILES string of the molecule is CNC1CCC(C)(C)CC1SCc1ccco1. The van der Waals surface area contributed by atoms with Crippen molar-refractivity contribution < 1.29 is 4.42 Å². The van der Waals surface area contributed by atoms with Crippen molar-refractivity contribution >= 4 is 11.8 Å². The molecule has 1 heterocycles. The fourth-order valence-corrected chi connectivity index (χ4v) is 4.23. The van der Waals surface area contributed by atoms with Crippen LogP contribution in [0, 0.1) is 5.41 Å². The Bertz CT molecular complexity index is 334. The molecule has 1 fully saturated rings.